The van der Waals surface area contributed by atoms with Crippen molar-refractivity contribution in [2.24, 2.45) is 10.4 Å². The molecule has 3 heteroatoms. The summed E-state index contributed by atoms with van der Waals surface area (Å²) in [7, 11) is 0. The third-order valence-corrected chi connectivity index (χ3v) is 1.54. The van der Waals surface area contributed by atoms with Crippen LogP contribution in [0.3, 0.4) is 0 Å². The Morgan fingerprint density at radius 2 is 2.17 bits per heavy atom. The summed E-state index contributed by atoms with van der Waals surface area (Å²) in [4.78, 5) is 14.4. The number of carbonyl (C=O) groups is 1. The molecule has 0 atom stereocenters. The zero-order valence-corrected chi connectivity index (χ0v) is 7.51. The van der Waals surface area contributed by atoms with Gasteiger partial charge in [0, 0.05) is 17.2 Å². The highest BCUT2D eigenvalue weighted by molar-refractivity contribution is 5.85. The number of amides is 2. The van der Waals surface area contributed by atoms with Gasteiger partial charge in [0.2, 0.25) is 0 Å². The lowest BCUT2D eigenvalue weighted by Crippen LogP contribution is -2.27. The van der Waals surface area contributed by atoms with Crippen LogP contribution < -0.4 is 5.32 Å². The molecule has 0 bridgehead atoms. The largest absolute Gasteiger partial charge is 0.353 e. The predicted molar refractivity (Wildman–Crippen MR) is 48.1 cm³/mol. The van der Waals surface area contributed by atoms with E-state index in [2.05, 4.69) is 16.2 Å². The molecule has 0 unspecified atom stereocenters. The van der Waals surface area contributed by atoms with Gasteiger partial charge in [-0.2, -0.15) is 0 Å². The Balaban J connectivity index is 2.95. The SMILES string of the molecule is CC(C)(C)C1=CC=C=NC(=O)N1. The first-order chi connectivity index (χ1) is 5.50. The number of allylic oxidation sites excluding steroid dienone is 3. The molecular formula is C9H12N2O. The van der Waals surface area contributed by atoms with E-state index < -0.39 is 0 Å². The molecule has 0 saturated carbocycles. The van der Waals surface area contributed by atoms with E-state index in [1.54, 1.807) is 6.08 Å². The van der Waals surface area contributed by atoms with E-state index in [4.69, 9.17) is 0 Å². The molecule has 1 aliphatic rings. The van der Waals surface area contributed by atoms with Gasteiger partial charge in [-0.15, -0.1) is 4.99 Å². The van der Waals surface area contributed by atoms with Crippen LogP contribution in [-0.2, 0) is 0 Å². The molecule has 0 radical (unpaired) electrons. The van der Waals surface area contributed by atoms with Crippen molar-refractivity contribution >= 4 is 11.9 Å². The zero-order valence-electron chi connectivity index (χ0n) is 7.51. The van der Waals surface area contributed by atoms with Crippen LogP contribution in [0, 0.1) is 5.41 Å². The first-order valence-electron chi connectivity index (χ1n) is 3.81. The van der Waals surface area contributed by atoms with Crippen molar-refractivity contribution in [1.29, 1.82) is 0 Å². The van der Waals surface area contributed by atoms with Crippen molar-refractivity contribution in [3.63, 3.8) is 0 Å². The second-order valence-electron chi connectivity index (χ2n) is 3.67. The molecule has 2 amide bonds. The van der Waals surface area contributed by atoms with Crippen LogP contribution in [0.15, 0.2) is 22.8 Å². The van der Waals surface area contributed by atoms with E-state index in [0.29, 0.717) is 0 Å². The number of nitrogens with zero attached hydrogens (tertiary/aromatic N) is 1. The standard InChI is InChI=1S/C9H12N2O/c1-9(2,3)7-5-4-6-10-8(12)11-7/h4-5H,1-3H3,(H,11,12). The summed E-state index contributed by atoms with van der Waals surface area (Å²) < 4.78 is 0. The maximum Gasteiger partial charge on any atom is 0.353 e. The highest BCUT2D eigenvalue weighted by Crippen LogP contribution is 2.22. The molecule has 0 aromatic carbocycles. The smallest absolute Gasteiger partial charge is 0.309 e. The Morgan fingerprint density at radius 3 is 2.75 bits per heavy atom. The predicted octanol–water partition coefficient (Wildman–Crippen LogP) is 1.87. The van der Waals surface area contributed by atoms with Gasteiger partial charge in [0.05, 0.1) is 0 Å². The first-order valence-corrected chi connectivity index (χ1v) is 3.81. The molecule has 0 spiro atoms. The van der Waals surface area contributed by atoms with Crippen LogP contribution in [0.5, 0.6) is 0 Å². The maximum absolute atomic E-state index is 10.9. The number of rotatable bonds is 0. The molecular weight excluding hydrogens is 152 g/mol. The van der Waals surface area contributed by atoms with E-state index in [0.717, 1.165) is 5.70 Å². The number of nitrogens with one attached hydrogen (secondary N) is 1. The summed E-state index contributed by atoms with van der Waals surface area (Å²) >= 11 is 0. The van der Waals surface area contributed by atoms with E-state index in [1.807, 2.05) is 26.8 Å². The van der Waals surface area contributed by atoms with Crippen LogP contribution in [-0.4, -0.2) is 11.9 Å². The molecule has 3 nitrogen and oxygen atoms in total. The van der Waals surface area contributed by atoms with Crippen LogP contribution >= 0.6 is 0 Å². The molecule has 12 heavy (non-hydrogen) atoms. The average molecular weight is 164 g/mol. The van der Waals surface area contributed by atoms with Gasteiger partial charge in [0.25, 0.3) is 0 Å². The van der Waals surface area contributed by atoms with Crippen LogP contribution in [0.1, 0.15) is 20.8 Å². The summed E-state index contributed by atoms with van der Waals surface area (Å²) in [6, 6.07) is -0.357. The number of hydrogen-bond donors (Lipinski definition) is 1. The Hall–Kier alpha value is -1.34. The monoisotopic (exact) mass is 164 g/mol. The number of aliphatic imine (C=N–C) groups is 1. The Labute approximate surface area is 71.9 Å². The minimum Gasteiger partial charge on any atom is -0.309 e. The topological polar surface area (TPSA) is 41.5 Å². The second-order valence-corrected chi connectivity index (χ2v) is 3.67. The summed E-state index contributed by atoms with van der Waals surface area (Å²) in [5, 5.41) is 2.68. The van der Waals surface area contributed by atoms with Crippen LogP contribution in [0.4, 0.5) is 4.79 Å². The molecule has 1 rings (SSSR count). The van der Waals surface area contributed by atoms with Crippen molar-refractivity contribution in [2.75, 3.05) is 0 Å². The molecule has 0 aliphatic carbocycles. The summed E-state index contributed by atoms with van der Waals surface area (Å²) in [5.74, 6) is 2.51. The summed E-state index contributed by atoms with van der Waals surface area (Å²) in [6.07, 6.45) is 3.45. The van der Waals surface area contributed by atoms with E-state index >= 15 is 0 Å². The third-order valence-electron chi connectivity index (χ3n) is 1.54. The van der Waals surface area contributed by atoms with Crippen molar-refractivity contribution < 1.29 is 4.79 Å². The lowest BCUT2D eigenvalue weighted by Gasteiger charge is -2.21. The Bertz CT molecular complexity index is 288. The lowest BCUT2D eigenvalue weighted by atomic mass is 9.91. The minimum atomic E-state index is -0.357. The molecule has 1 aliphatic heterocycles. The zero-order chi connectivity index (χ0) is 9.19. The molecule has 1 heterocycles. The quantitative estimate of drug-likeness (QED) is 0.583. The fraction of sp³-hybridized carbons (Fsp3) is 0.444. The van der Waals surface area contributed by atoms with Gasteiger partial charge < -0.3 is 5.32 Å². The highest BCUT2D eigenvalue weighted by atomic mass is 16.2. The van der Waals surface area contributed by atoms with E-state index in [-0.39, 0.29) is 11.4 Å². The van der Waals surface area contributed by atoms with Crippen molar-refractivity contribution in [1.82, 2.24) is 5.32 Å². The summed E-state index contributed by atoms with van der Waals surface area (Å²) in [6.45, 7) is 6.08. The molecule has 0 aromatic rings. The lowest BCUT2D eigenvalue weighted by molar-refractivity contribution is 0.249. The van der Waals surface area contributed by atoms with Crippen LogP contribution in [0.2, 0.25) is 0 Å². The fourth-order valence-corrected chi connectivity index (χ4v) is 0.839. The number of carbonyl (C=O) groups excluding carboxylic acids is 1. The fourth-order valence-electron chi connectivity index (χ4n) is 0.839. The first kappa shape index (κ1) is 8.75. The highest BCUT2D eigenvalue weighted by Gasteiger charge is 2.18. The molecule has 0 aromatic heterocycles. The summed E-state index contributed by atoms with van der Waals surface area (Å²) in [5.41, 5.74) is 0.800. The van der Waals surface area contributed by atoms with Crippen molar-refractivity contribution in [3.8, 4) is 0 Å². The maximum atomic E-state index is 10.9. The molecule has 0 saturated heterocycles. The van der Waals surface area contributed by atoms with Gasteiger partial charge in [-0.05, 0) is 11.9 Å². The average Bonchev–Trinajstić information content (AvgIpc) is 2.11. The van der Waals surface area contributed by atoms with Gasteiger partial charge in [-0.1, -0.05) is 20.8 Å². The van der Waals surface area contributed by atoms with E-state index in [1.165, 1.54) is 0 Å². The molecule has 1 N–H and O–H groups in total. The van der Waals surface area contributed by atoms with Gasteiger partial charge in [0.15, 0.2) is 0 Å². The van der Waals surface area contributed by atoms with Gasteiger partial charge in [-0.25, -0.2) is 4.79 Å². The minimum absolute atomic E-state index is 0.0618. The number of urea groups is 1. The number of hydrogen-bond acceptors (Lipinski definition) is 1. The van der Waals surface area contributed by atoms with Crippen LogP contribution in [0.25, 0.3) is 0 Å². The van der Waals surface area contributed by atoms with Gasteiger partial charge >= 0.3 is 6.03 Å². The second kappa shape index (κ2) is 2.95. The van der Waals surface area contributed by atoms with Crippen molar-refractivity contribution in [2.45, 2.75) is 20.8 Å². The van der Waals surface area contributed by atoms with Gasteiger partial charge in [0.1, 0.15) is 0 Å². The van der Waals surface area contributed by atoms with Crippen molar-refractivity contribution in [3.05, 3.63) is 17.8 Å². The Kier molecular flexibility index (Phi) is 2.15. The Morgan fingerprint density at radius 1 is 1.50 bits per heavy atom. The van der Waals surface area contributed by atoms with E-state index in [9.17, 15) is 4.79 Å². The normalized spacial score (nSPS) is 16.9. The van der Waals surface area contributed by atoms with Gasteiger partial charge in [-0.3, -0.25) is 0 Å². The molecule has 0 fully saturated rings. The third kappa shape index (κ3) is 2.07. The molecule has 64 valence electrons.